The van der Waals surface area contributed by atoms with E-state index in [1.54, 1.807) is 0 Å². The van der Waals surface area contributed by atoms with E-state index in [2.05, 4.69) is 24.0 Å². The van der Waals surface area contributed by atoms with E-state index in [4.69, 9.17) is 5.73 Å². The van der Waals surface area contributed by atoms with Crippen LogP contribution in [0.1, 0.15) is 31.5 Å². The summed E-state index contributed by atoms with van der Waals surface area (Å²) in [4.78, 5) is 4.57. The number of benzene rings is 1. The first-order valence-corrected chi connectivity index (χ1v) is 5.42. The van der Waals surface area contributed by atoms with E-state index in [0.29, 0.717) is 0 Å². The molecule has 0 amide bonds. The molecule has 2 aromatic rings. The first kappa shape index (κ1) is 10.1. The van der Waals surface area contributed by atoms with Crippen molar-refractivity contribution in [1.29, 1.82) is 0 Å². The van der Waals surface area contributed by atoms with Crippen LogP contribution in [0.15, 0.2) is 36.4 Å². The molecule has 0 saturated heterocycles. The fourth-order valence-electron chi connectivity index (χ4n) is 1.75. The summed E-state index contributed by atoms with van der Waals surface area (Å²) in [7, 11) is 0. The van der Waals surface area contributed by atoms with Gasteiger partial charge in [0.25, 0.3) is 0 Å². The van der Waals surface area contributed by atoms with Gasteiger partial charge in [-0.05, 0) is 18.6 Å². The normalized spacial score (nSPS) is 12.9. The predicted molar refractivity (Wildman–Crippen MR) is 63.6 cm³/mol. The van der Waals surface area contributed by atoms with Crippen molar-refractivity contribution >= 4 is 10.9 Å². The monoisotopic (exact) mass is 200 g/mol. The van der Waals surface area contributed by atoms with Crippen molar-refractivity contribution in [3.8, 4) is 0 Å². The Balaban J connectivity index is 2.38. The van der Waals surface area contributed by atoms with Gasteiger partial charge in [-0.3, -0.25) is 4.98 Å². The molecular formula is C13H16N2. The Morgan fingerprint density at radius 1 is 1.20 bits per heavy atom. The molecule has 0 unspecified atom stereocenters. The summed E-state index contributed by atoms with van der Waals surface area (Å²) in [6, 6.07) is 12.3. The maximum absolute atomic E-state index is 6.03. The first-order chi connectivity index (χ1) is 7.31. The lowest BCUT2D eigenvalue weighted by molar-refractivity contribution is 0.624. The highest BCUT2D eigenvalue weighted by molar-refractivity contribution is 5.78. The quantitative estimate of drug-likeness (QED) is 0.827. The number of pyridine rings is 1. The van der Waals surface area contributed by atoms with Crippen molar-refractivity contribution in [2.24, 2.45) is 5.73 Å². The van der Waals surface area contributed by atoms with Crippen LogP contribution >= 0.6 is 0 Å². The van der Waals surface area contributed by atoms with Gasteiger partial charge in [-0.2, -0.15) is 0 Å². The summed E-state index contributed by atoms with van der Waals surface area (Å²) < 4.78 is 0. The van der Waals surface area contributed by atoms with Crippen molar-refractivity contribution in [2.45, 2.75) is 25.8 Å². The molecule has 0 fully saturated rings. The molecular weight excluding hydrogens is 184 g/mol. The molecule has 0 aliphatic carbocycles. The van der Waals surface area contributed by atoms with E-state index in [1.807, 2.05) is 24.3 Å². The minimum Gasteiger partial charge on any atom is -0.323 e. The summed E-state index contributed by atoms with van der Waals surface area (Å²) in [5.74, 6) is 0. The molecule has 2 rings (SSSR count). The van der Waals surface area contributed by atoms with Gasteiger partial charge in [0.1, 0.15) is 0 Å². The van der Waals surface area contributed by atoms with E-state index in [-0.39, 0.29) is 6.04 Å². The average molecular weight is 200 g/mol. The Morgan fingerprint density at radius 2 is 2.00 bits per heavy atom. The Labute approximate surface area is 90.1 Å². The zero-order valence-corrected chi connectivity index (χ0v) is 8.98. The molecule has 1 aromatic carbocycles. The third-order valence-electron chi connectivity index (χ3n) is 2.60. The van der Waals surface area contributed by atoms with Crippen molar-refractivity contribution in [3.05, 3.63) is 42.1 Å². The molecule has 0 bridgehead atoms. The summed E-state index contributed by atoms with van der Waals surface area (Å²) in [5.41, 5.74) is 8.06. The van der Waals surface area contributed by atoms with Gasteiger partial charge >= 0.3 is 0 Å². The number of hydrogen-bond donors (Lipinski definition) is 1. The zero-order valence-electron chi connectivity index (χ0n) is 8.98. The molecule has 0 radical (unpaired) electrons. The van der Waals surface area contributed by atoms with Gasteiger partial charge in [0, 0.05) is 11.4 Å². The molecule has 0 aliphatic heterocycles. The van der Waals surface area contributed by atoms with E-state index in [1.165, 1.54) is 5.39 Å². The van der Waals surface area contributed by atoms with Crippen LogP contribution in [0.2, 0.25) is 0 Å². The van der Waals surface area contributed by atoms with Gasteiger partial charge in [0.15, 0.2) is 0 Å². The van der Waals surface area contributed by atoms with Crippen LogP contribution in [-0.2, 0) is 0 Å². The van der Waals surface area contributed by atoms with Crippen LogP contribution in [0.3, 0.4) is 0 Å². The lowest BCUT2D eigenvalue weighted by Crippen LogP contribution is -2.11. The first-order valence-electron chi connectivity index (χ1n) is 5.42. The Bertz CT molecular complexity index is 451. The minimum absolute atomic E-state index is 0.0691. The third kappa shape index (κ3) is 2.16. The fraction of sp³-hybridized carbons (Fsp3) is 0.308. The van der Waals surface area contributed by atoms with Gasteiger partial charge in [0.05, 0.1) is 11.2 Å². The molecule has 2 heteroatoms. The second-order valence-corrected chi connectivity index (χ2v) is 3.82. The van der Waals surface area contributed by atoms with Crippen LogP contribution < -0.4 is 5.73 Å². The van der Waals surface area contributed by atoms with E-state index in [9.17, 15) is 0 Å². The van der Waals surface area contributed by atoms with Gasteiger partial charge in [-0.25, -0.2) is 0 Å². The Kier molecular flexibility index (Phi) is 2.97. The lowest BCUT2D eigenvalue weighted by atomic mass is 10.1. The third-order valence-corrected chi connectivity index (χ3v) is 2.60. The van der Waals surface area contributed by atoms with Crippen LogP contribution in [0.25, 0.3) is 10.9 Å². The summed E-state index contributed by atoms with van der Waals surface area (Å²) in [5, 5.41) is 1.17. The largest absolute Gasteiger partial charge is 0.323 e. The topological polar surface area (TPSA) is 38.9 Å². The van der Waals surface area contributed by atoms with Gasteiger partial charge in [-0.15, -0.1) is 0 Å². The van der Waals surface area contributed by atoms with Crippen LogP contribution in [0, 0.1) is 0 Å². The number of fused-ring (bicyclic) bond motifs is 1. The highest BCUT2D eigenvalue weighted by Gasteiger charge is 2.06. The molecule has 0 saturated carbocycles. The molecule has 78 valence electrons. The van der Waals surface area contributed by atoms with Crippen LogP contribution in [0.5, 0.6) is 0 Å². The molecule has 1 atom stereocenters. The second-order valence-electron chi connectivity index (χ2n) is 3.82. The summed E-state index contributed by atoms with van der Waals surface area (Å²) in [6.07, 6.45) is 2.08. The van der Waals surface area contributed by atoms with Gasteiger partial charge < -0.3 is 5.73 Å². The minimum atomic E-state index is 0.0691. The molecule has 0 spiro atoms. The standard InChI is InChI=1S/C13H16N2/c1-2-5-11(14)13-9-8-10-6-3-4-7-12(10)15-13/h3-4,6-9,11H,2,5,14H2,1H3/t11-/m0/s1. The van der Waals surface area contributed by atoms with Crippen molar-refractivity contribution < 1.29 is 0 Å². The number of aromatic nitrogens is 1. The molecule has 15 heavy (non-hydrogen) atoms. The average Bonchev–Trinajstić information content (AvgIpc) is 2.29. The van der Waals surface area contributed by atoms with Crippen molar-refractivity contribution in [2.75, 3.05) is 0 Å². The second kappa shape index (κ2) is 4.41. The molecule has 2 N–H and O–H groups in total. The fourth-order valence-corrected chi connectivity index (χ4v) is 1.75. The van der Waals surface area contributed by atoms with Gasteiger partial charge in [-0.1, -0.05) is 37.6 Å². The predicted octanol–water partition coefficient (Wildman–Crippen LogP) is 3.03. The number of hydrogen-bond acceptors (Lipinski definition) is 2. The van der Waals surface area contributed by atoms with Crippen molar-refractivity contribution in [3.63, 3.8) is 0 Å². The lowest BCUT2D eigenvalue weighted by Gasteiger charge is -2.10. The Morgan fingerprint density at radius 3 is 2.80 bits per heavy atom. The van der Waals surface area contributed by atoms with E-state index >= 15 is 0 Å². The van der Waals surface area contributed by atoms with E-state index < -0.39 is 0 Å². The Hall–Kier alpha value is -1.41. The van der Waals surface area contributed by atoms with Crippen LogP contribution in [-0.4, -0.2) is 4.98 Å². The maximum Gasteiger partial charge on any atom is 0.0706 e. The zero-order chi connectivity index (χ0) is 10.7. The highest BCUT2D eigenvalue weighted by atomic mass is 14.8. The number of para-hydroxylation sites is 1. The number of nitrogens with two attached hydrogens (primary N) is 1. The molecule has 0 aliphatic rings. The van der Waals surface area contributed by atoms with E-state index in [0.717, 1.165) is 24.1 Å². The molecule has 1 heterocycles. The summed E-state index contributed by atoms with van der Waals surface area (Å²) >= 11 is 0. The number of nitrogens with zero attached hydrogens (tertiary/aromatic N) is 1. The summed E-state index contributed by atoms with van der Waals surface area (Å²) in [6.45, 7) is 2.14. The SMILES string of the molecule is CCC[C@H](N)c1ccc2ccccc2n1. The van der Waals surface area contributed by atoms with Crippen molar-refractivity contribution in [1.82, 2.24) is 4.98 Å². The molecule has 1 aromatic heterocycles. The maximum atomic E-state index is 6.03. The van der Waals surface area contributed by atoms with Gasteiger partial charge in [0.2, 0.25) is 0 Å². The smallest absolute Gasteiger partial charge is 0.0706 e. The van der Waals surface area contributed by atoms with Crippen LogP contribution in [0.4, 0.5) is 0 Å². The number of rotatable bonds is 3. The highest BCUT2D eigenvalue weighted by Crippen LogP contribution is 2.17. The molecule has 2 nitrogen and oxygen atoms in total.